The average Bonchev–Trinajstić information content (AvgIpc) is 2.62. The van der Waals surface area contributed by atoms with Crippen molar-refractivity contribution in [2.75, 3.05) is 27.4 Å². The van der Waals surface area contributed by atoms with Gasteiger partial charge in [0.2, 0.25) is 0 Å². The predicted octanol–water partition coefficient (Wildman–Crippen LogP) is 4.08. The van der Waals surface area contributed by atoms with E-state index in [-0.39, 0.29) is 0 Å². The fraction of sp³-hybridized carbons (Fsp3) is 0.714. The van der Waals surface area contributed by atoms with Gasteiger partial charge < -0.3 is 19.3 Å². The van der Waals surface area contributed by atoms with Gasteiger partial charge in [0.25, 0.3) is 0 Å². The van der Waals surface area contributed by atoms with Crippen LogP contribution in [0.5, 0.6) is 5.75 Å². The Bertz CT molecular complexity index is 526. The van der Waals surface area contributed by atoms with Crippen LogP contribution in [0.2, 0.25) is 0 Å². The van der Waals surface area contributed by atoms with Crippen LogP contribution in [0.25, 0.3) is 0 Å². The van der Waals surface area contributed by atoms with Crippen molar-refractivity contribution in [3.63, 3.8) is 0 Å². The lowest BCUT2D eigenvalue weighted by molar-refractivity contribution is 0.137. The van der Waals surface area contributed by atoms with Crippen LogP contribution in [0, 0.1) is 32.6 Å². The Hall–Kier alpha value is -1.10. The monoisotopic (exact) mass is 350 g/mol. The van der Waals surface area contributed by atoms with Crippen LogP contribution in [-0.2, 0) is 22.7 Å². The normalized spacial score (nSPS) is 20.7. The molecule has 0 heterocycles. The van der Waals surface area contributed by atoms with E-state index in [9.17, 15) is 5.11 Å². The average molecular weight is 350 g/mol. The van der Waals surface area contributed by atoms with E-state index < -0.39 is 0 Å². The summed E-state index contributed by atoms with van der Waals surface area (Å²) < 4.78 is 17.2. The van der Waals surface area contributed by atoms with Crippen molar-refractivity contribution in [2.45, 2.75) is 59.7 Å². The second-order valence-electron chi connectivity index (χ2n) is 7.41. The summed E-state index contributed by atoms with van der Waals surface area (Å²) in [4.78, 5) is 0. The zero-order valence-electron chi connectivity index (χ0n) is 16.5. The Morgan fingerprint density at radius 2 is 1.28 bits per heavy atom. The Balaban J connectivity index is 2.18. The maximum Gasteiger partial charge on any atom is 0.125 e. The van der Waals surface area contributed by atoms with E-state index in [1.807, 2.05) is 0 Å². The van der Waals surface area contributed by atoms with Crippen LogP contribution in [0.4, 0.5) is 0 Å². The lowest BCUT2D eigenvalue weighted by atomic mass is 9.83. The first-order valence-corrected chi connectivity index (χ1v) is 9.36. The molecule has 0 unspecified atom stereocenters. The van der Waals surface area contributed by atoms with Crippen LogP contribution < -0.4 is 4.74 Å². The molecule has 1 aromatic rings. The molecule has 0 saturated heterocycles. The topological polar surface area (TPSA) is 47.9 Å². The standard InChI is InChI=1S/C21H34O4/c1-14-19(12-23-4)15(2)21(16(3)20(14)13-24-5)25-11-18-8-6-17(10-22)7-9-18/h17-18,22H,6-13H2,1-5H3. The Morgan fingerprint density at radius 1 is 0.800 bits per heavy atom. The molecule has 4 nitrogen and oxygen atoms in total. The zero-order valence-corrected chi connectivity index (χ0v) is 16.5. The van der Waals surface area contributed by atoms with Crippen LogP contribution in [0.3, 0.4) is 0 Å². The molecule has 1 saturated carbocycles. The highest BCUT2D eigenvalue weighted by atomic mass is 16.5. The summed E-state index contributed by atoms with van der Waals surface area (Å²) in [7, 11) is 3.46. The summed E-state index contributed by atoms with van der Waals surface area (Å²) in [5.74, 6) is 2.06. The van der Waals surface area contributed by atoms with Gasteiger partial charge in [-0.3, -0.25) is 0 Å². The summed E-state index contributed by atoms with van der Waals surface area (Å²) >= 11 is 0. The third-order valence-electron chi connectivity index (χ3n) is 5.76. The van der Waals surface area contributed by atoms with Gasteiger partial charge in [-0.1, -0.05) is 0 Å². The molecule has 1 aromatic carbocycles. The van der Waals surface area contributed by atoms with E-state index in [0.717, 1.165) is 38.0 Å². The van der Waals surface area contributed by atoms with Gasteiger partial charge in [-0.2, -0.15) is 0 Å². The van der Waals surface area contributed by atoms with E-state index >= 15 is 0 Å². The van der Waals surface area contributed by atoms with Gasteiger partial charge in [0, 0.05) is 20.8 Å². The van der Waals surface area contributed by atoms with Crippen LogP contribution in [0.15, 0.2) is 0 Å². The summed E-state index contributed by atoms with van der Waals surface area (Å²) in [6.45, 7) is 8.65. The number of aliphatic hydroxyl groups is 1. The van der Waals surface area contributed by atoms with Gasteiger partial charge >= 0.3 is 0 Å². The highest BCUT2D eigenvalue weighted by Crippen LogP contribution is 2.35. The van der Waals surface area contributed by atoms with Gasteiger partial charge in [0.15, 0.2) is 0 Å². The number of rotatable bonds is 8. The molecule has 0 amide bonds. The second-order valence-corrected chi connectivity index (χ2v) is 7.41. The lowest BCUT2D eigenvalue weighted by Crippen LogP contribution is -2.22. The zero-order chi connectivity index (χ0) is 18.4. The smallest absolute Gasteiger partial charge is 0.125 e. The number of benzene rings is 1. The number of ether oxygens (including phenoxy) is 3. The lowest BCUT2D eigenvalue weighted by Gasteiger charge is -2.28. The maximum atomic E-state index is 9.29. The van der Waals surface area contributed by atoms with Crippen molar-refractivity contribution in [3.05, 3.63) is 27.8 Å². The molecule has 0 aliphatic heterocycles. The van der Waals surface area contributed by atoms with Crippen molar-refractivity contribution in [1.82, 2.24) is 0 Å². The van der Waals surface area contributed by atoms with E-state index in [2.05, 4.69) is 20.8 Å². The third-order valence-corrected chi connectivity index (χ3v) is 5.76. The molecule has 1 aliphatic rings. The molecule has 1 aliphatic carbocycles. The number of hydrogen-bond acceptors (Lipinski definition) is 4. The highest BCUT2D eigenvalue weighted by molar-refractivity contribution is 5.54. The van der Waals surface area contributed by atoms with Crippen molar-refractivity contribution in [3.8, 4) is 5.75 Å². The molecule has 0 aromatic heterocycles. The first-order valence-electron chi connectivity index (χ1n) is 9.36. The molecule has 142 valence electrons. The molecule has 1 fully saturated rings. The van der Waals surface area contributed by atoms with Crippen LogP contribution >= 0.6 is 0 Å². The first kappa shape index (κ1) is 20.2. The molecular formula is C21H34O4. The maximum absolute atomic E-state index is 9.29. The van der Waals surface area contributed by atoms with Crippen LogP contribution in [0.1, 0.15) is 53.5 Å². The van der Waals surface area contributed by atoms with Gasteiger partial charge in [-0.15, -0.1) is 0 Å². The molecule has 2 rings (SSSR count). The number of methoxy groups -OCH3 is 2. The van der Waals surface area contributed by atoms with Gasteiger partial charge in [0.05, 0.1) is 19.8 Å². The van der Waals surface area contributed by atoms with Crippen molar-refractivity contribution < 1.29 is 19.3 Å². The number of aliphatic hydroxyl groups excluding tert-OH is 1. The van der Waals surface area contributed by atoms with E-state index in [1.54, 1.807) is 14.2 Å². The van der Waals surface area contributed by atoms with Crippen molar-refractivity contribution in [2.24, 2.45) is 11.8 Å². The fourth-order valence-corrected chi connectivity index (χ4v) is 4.02. The quantitative estimate of drug-likeness (QED) is 0.767. The van der Waals surface area contributed by atoms with Crippen LogP contribution in [-0.4, -0.2) is 32.5 Å². The summed E-state index contributed by atoms with van der Waals surface area (Å²) in [5.41, 5.74) is 6.02. The molecule has 0 atom stereocenters. The predicted molar refractivity (Wildman–Crippen MR) is 100 cm³/mol. The second kappa shape index (κ2) is 9.56. The summed E-state index contributed by atoms with van der Waals surface area (Å²) in [5, 5.41) is 9.29. The number of hydrogen-bond donors (Lipinski definition) is 1. The molecule has 1 N–H and O–H groups in total. The Morgan fingerprint density at radius 3 is 1.72 bits per heavy atom. The van der Waals surface area contributed by atoms with E-state index in [4.69, 9.17) is 14.2 Å². The van der Waals surface area contributed by atoms with E-state index in [0.29, 0.717) is 31.7 Å². The van der Waals surface area contributed by atoms with Crippen molar-refractivity contribution in [1.29, 1.82) is 0 Å². The molecule has 0 spiro atoms. The first-order chi connectivity index (χ1) is 12.0. The fourth-order valence-electron chi connectivity index (χ4n) is 4.02. The minimum Gasteiger partial charge on any atom is -0.493 e. The molecule has 0 radical (unpaired) electrons. The van der Waals surface area contributed by atoms with Gasteiger partial charge in [0.1, 0.15) is 5.75 Å². The minimum atomic E-state index is 0.324. The highest BCUT2D eigenvalue weighted by Gasteiger charge is 2.23. The Kier molecular flexibility index (Phi) is 7.73. The molecule has 0 bridgehead atoms. The summed E-state index contributed by atoms with van der Waals surface area (Å²) in [6.07, 6.45) is 4.51. The largest absolute Gasteiger partial charge is 0.493 e. The third kappa shape index (κ3) is 4.75. The van der Waals surface area contributed by atoms with E-state index in [1.165, 1.54) is 27.8 Å². The Labute approximate surface area is 152 Å². The summed E-state index contributed by atoms with van der Waals surface area (Å²) in [6, 6.07) is 0. The van der Waals surface area contributed by atoms with Crippen molar-refractivity contribution >= 4 is 0 Å². The molecular weight excluding hydrogens is 316 g/mol. The van der Waals surface area contributed by atoms with Gasteiger partial charge in [-0.25, -0.2) is 0 Å². The minimum absolute atomic E-state index is 0.324. The SMILES string of the molecule is COCc1c(C)c(COC)c(C)c(OCC2CCC(CO)CC2)c1C. The molecule has 25 heavy (non-hydrogen) atoms. The van der Waals surface area contributed by atoms with Gasteiger partial charge in [-0.05, 0) is 86.1 Å². The molecule has 4 heteroatoms.